The second-order valence-corrected chi connectivity index (χ2v) is 7.27. The van der Waals surface area contributed by atoms with Gasteiger partial charge in [0.05, 0.1) is 12.1 Å². The number of likely N-dealkylation sites (tertiary alicyclic amines) is 1. The van der Waals surface area contributed by atoms with Gasteiger partial charge in [0, 0.05) is 12.6 Å². The number of nitrogens with zero attached hydrogens (tertiary/aromatic N) is 1. The average Bonchev–Trinajstić information content (AvgIpc) is 2.78. The van der Waals surface area contributed by atoms with Crippen LogP contribution in [0.4, 0.5) is 4.79 Å². The molecule has 1 fully saturated rings. The van der Waals surface area contributed by atoms with Gasteiger partial charge in [-0.15, -0.1) is 0 Å². The largest absolute Gasteiger partial charge is 0.444 e. The van der Waals surface area contributed by atoms with E-state index in [0.717, 1.165) is 6.42 Å². The van der Waals surface area contributed by atoms with E-state index < -0.39 is 11.2 Å². The van der Waals surface area contributed by atoms with Crippen molar-refractivity contribution in [2.45, 2.75) is 71.6 Å². The van der Waals surface area contributed by atoms with Gasteiger partial charge < -0.3 is 19.7 Å². The van der Waals surface area contributed by atoms with Crippen LogP contribution in [0.1, 0.15) is 54.4 Å². The monoisotopic (exact) mass is 314 g/mol. The van der Waals surface area contributed by atoms with Crippen molar-refractivity contribution >= 4 is 12.0 Å². The molecule has 0 aliphatic carbocycles. The van der Waals surface area contributed by atoms with Crippen LogP contribution in [0.2, 0.25) is 0 Å². The molecule has 0 aromatic heterocycles. The fourth-order valence-corrected chi connectivity index (χ4v) is 2.19. The number of amides is 2. The maximum Gasteiger partial charge on any atom is 0.410 e. The van der Waals surface area contributed by atoms with Gasteiger partial charge in [-0.1, -0.05) is 6.92 Å². The van der Waals surface area contributed by atoms with Gasteiger partial charge in [-0.05, 0) is 47.5 Å². The summed E-state index contributed by atoms with van der Waals surface area (Å²) in [7, 11) is 0. The molecule has 0 aromatic carbocycles. The van der Waals surface area contributed by atoms with Crippen LogP contribution < -0.4 is 5.32 Å². The molecule has 2 unspecified atom stereocenters. The Bertz CT molecular complexity index is 405. The van der Waals surface area contributed by atoms with Gasteiger partial charge in [0.15, 0.2) is 0 Å². The Labute approximate surface area is 133 Å². The minimum absolute atomic E-state index is 0.0169. The first-order chi connectivity index (χ1) is 10.0. The van der Waals surface area contributed by atoms with E-state index in [9.17, 15) is 9.59 Å². The van der Waals surface area contributed by atoms with Crippen LogP contribution in [-0.2, 0) is 14.3 Å². The fourth-order valence-electron chi connectivity index (χ4n) is 2.19. The van der Waals surface area contributed by atoms with Crippen molar-refractivity contribution in [3.8, 4) is 0 Å². The summed E-state index contributed by atoms with van der Waals surface area (Å²) in [4.78, 5) is 25.4. The van der Waals surface area contributed by atoms with Crippen LogP contribution in [0.25, 0.3) is 0 Å². The van der Waals surface area contributed by atoms with Crippen molar-refractivity contribution < 1.29 is 19.1 Å². The predicted molar refractivity (Wildman–Crippen MR) is 84.7 cm³/mol. The lowest BCUT2D eigenvalue weighted by Crippen LogP contribution is -2.41. The van der Waals surface area contributed by atoms with Crippen molar-refractivity contribution in [2.75, 3.05) is 19.7 Å². The second kappa shape index (κ2) is 7.31. The highest BCUT2D eigenvalue weighted by atomic mass is 16.6. The first-order valence-electron chi connectivity index (χ1n) is 7.96. The molecule has 1 aliphatic heterocycles. The zero-order chi connectivity index (χ0) is 17.0. The normalized spacial score (nSPS) is 23.3. The third-order valence-electron chi connectivity index (χ3n) is 3.66. The fraction of sp³-hybridized carbons (Fsp3) is 0.875. The molecule has 22 heavy (non-hydrogen) atoms. The van der Waals surface area contributed by atoms with Crippen LogP contribution in [0.15, 0.2) is 0 Å². The van der Waals surface area contributed by atoms with E-state index in [2.05, 4.69) is 5.32 Å². The molecule has 2 amide bonds. The van der Waals surface area contributed by atoms with E-state index in [-0.39, 0.29) is 24.6 Å². The summed E-state index contributed by atoms with van der Waals surface area (Å²) in [5, 5.41) is 2.87. The molecule has 0 bridgehead atoms. The summed E-state index contributed by atoms with van der Waals surface area (Å²) < 4.78 is 11.1. The molecule has 0 radical (unpaired) electrons. The highest BCUT2D eigenvalue weighted by Crippen LogP contribution is 2.26. The second-order valence-electron chi connectivity index (χ2n) is 7.27. The third-order valence-corrected chi connectivity index (χ3v) is 3.66. The van der Waals surface area contributed by atoms with Gasteiger partial charge in [-0.2, -0.15) is 0 Å². The molecule has 1 saturated heterocycles. The van der Waals surface area contributed by atoms with E-state index in [1.165, 1.54) is 0 Å². The summed E-state index contributed by atoms with van der Waals surface area (Å²) in [6, 6.07) is 0.144. The molecule has 6 nitrogen and oxygen atoms in total. The van der Waals surface area contributed by atoms with Gasteiger partial charge in [0.25, 0.3) is 0 Å². The Morgan fingerprint density at radius 1 is 1.36 bits per heavy atom. The summed E-state index contributed by atoms with van der Waals surface area (Å²) in [5.74, 6) is -0.119. The minimum atomic E-state index is -0.507. The van der Waals surface area contributed by atoms with E-state index in [1.54, 1.807) is 4.90 Å². The molecule has 0 saturated carbocycles. The molecule has 1 rings (SSSR count). The van der Waals surface area contributed by atoms with Crippen LogP contribution in [0, 0.1) is 0 Å². The Morgan fingerprint density at radius 3 is 2.55 bits per heavy atom. The summed E-state index contributed by atoms with van der Waals surface area (Å²) >= 11 is 0. The Kier molecular flexibility index (Phi) is 6.23. The summed E-state index contributed by atoms with van der Waals surface area (Å²) in [5.41, 5.74) is -1.00. The molecule has 2 atom stereocenters. The van der Waals surface area contributed by atoms with Gasteiger partial charge in [0.1, 0.15) is 12.2 Å². The summed E-state index contributed by atoms with van der Waals surface area (Å²) in [6.07, 6.45) is 1.25. The highest BCUT2D eigenvalue weighted by Gasteiger charge is 2.39. The van der Waals surface area contributed by atoms with Gasteiger partial charge >= 0.3 is 6.09 Å². The zero-order valence-electron chi connectivity index (χ0n) is 14.7. The van der Waals surface area contributed by atoms with Crippen molar-refractivity contribution in [1.29, 1.82) is 0 Å². The van der Waals surface area contributed by atoms with Crippen molar-refractivity contribution in [1.82, 2.24) is 10.2 Å². The Morgan fingerprint density at radius 2 is 2.00 bits per heavy atom. The number of carbonyl (C=O) groups excluding carboxylic acids is 2. The standard InChI is InChI=1S/C16H30N2O4/c1-7-12(2)17-13(19)10-21-16(6)8-9-18(11-16)14(20)22-15(3,4)5/h12H,7-11H2,1-6H3,(H,17,19). The quantitative estimate of drug-likeness (QED) is 0.845. The first kappa shape index (κ1) is 18.7. The molecule has 1 aliphatic rings. The number of hydrogen-bond donors (Lipinski definition) is 1. The Balaban J connectivity index is 2.43. The number of rotatable bonds is 5. The number of ether oxygens (including phenoxy) is 2. The van der Waals surface area contributed by atoms with Gasteiger partial charge in [0.2, 0.25) is 5.91 Å². The molecular weight excluding hydrogens is 284 g/mol. The first-order valence-corrected chi connectivity index (χ1v) is 7.96. The lowest BCUT2D eigenvalue weighted by molar-refractivity contribution is -0.132. The third kappa shape index (κ3) is 6.22. The number of carbonyl (C=O) groups is 2. The smallest absolute Gasteiger partial charge is 0.410 e. The van der Waals surface area contributed by atoms with E-state index in [1.807, 2.05) is 41.5 Å². The molecule has 1 N–H and O–H groups in total. The van der Waals surface area contributed by atoms with E-state index >= 15 is 0 Å². The van der Waals surface area contributed by atoms with Crippen LogP contribution in [0.5, 0.6) is 0 Å². The Hall–Kier alpha value is -1.30. The van der Waals surface area contributed by atoms with Crippen LogP contribution in [0.3, 0.4) is 0 Å². The maximum atomic E-state index is 12.0. The van der Waals surface area contributed by atoms with Gasteiger partial charge in [-0.25, -0.2) is 4.79 Å². The molecule has 1 heterocycles. The van der Waals surface area contributed by atoms with Crippen LogP contribution >= 0.6 is 0 Å². The van der Waals surface area contributed by atoms with Gasteiger partial charge in [-0.3, -0.25) is 4.79 Å². The minimum Gasteiger partial charge on any atom is -0.444 e. The van der Waals surface area contributed by atoms with Crippen molar-refractivity contribution in [3.63, 3.8) is 0 Å². The highest BCUT2D eigenvalue weighted by molar-refractivity contribution is 5.77. The topological polar surface area (TPSA) is 67.9 Å². The number of hydrogen-bond acceptors (Lipinski definition) is 4. The summed E-state index contributed by atoms with van der Waals surface area (Å²) in [6.45, 7) is 12.5. The lowest BCUT2D eigenvalue weighted by Gasteiger charge is -2.27. The molecule has 128 valence electrons. The average molecular weight is 314 g/mol. The van der Waals surface area contributed by atoms with E-state index in [0.29, 0.717) is 19.5 Å². The van der Waals surface area contributed by atoms with Crippen molar-refractivity contribution in [2.24, 2.45) is 0 Å². The molecule has 6 heteroatoms. The maximum absolute atomic E-state index is 12.0. The van der Waals surface area contributed by atoms with Crippen molar-refractivity contribution in [3.05, 3.63) is 0 Å². The SMILES string of the molecule is CCC(C)NC(=O)COC1(C)CCN(C(=O)OC(C)(C)C)C1. The molecule has 0 aromatic rings. The molecular formula is C16H30N2O4. The van der Waals surface area contributed by atoms with Crippen LogP contribution in [-0.4, -0.2) is 53.8 Å². The lowest BCUT2D eigenvalue weighted by atomic mass is 10.1. The predicted octanol–water partition coefficient (Wildman–Crippen LogP) is 2.32. The zero-order valence-corrected chi connectivity index (χ0v) is 14.7. The van der Waals surface area contributed by atoms with E-state index in [4.69, 9.17) is 9.47 Å². The number of nitrogens with one attached hydrogen (secondary N) is 1. The molecule has 0 spiro atoms.